The number of nitrogens with zero attached hydrogens (tertiary/aromatic N) is 2. The predicted molar refractivity (Wildman–Crippen MR) is 126 cm³/mol. The van der Waals surface area contributed by atoms with Crippen LogP contribution < -0.4 is 15.8 Å². The van der Waals surface area contributed by atoms with Gasteiger partial charge in [-0.3, -0.25) is 9.69 Å². The number of ether oxygens (including phenoxy) is 1. The number of hydrogen-bond acceptors (Lipinski definition) is 5. The van der Waals surface area contributed by atoms with Crippen molar-refractivity contribution in [1.82, 2.24) is 15.1 Å². The Balaban J connectivity index is 0.00000289. The summed E-state index contributed by atoms with van der Waals surface area (Å²) in [5.41, 5.74) is 7.59. The number of imide groups is 1. The molecule has 2 heterocycles. The molecule has 2 aromatic rings. The Morgan fingerprint density at radius 3 is 2.34 bits per heavy atom. The molecule has 8 heteroatoms. The highest BCUT2D eigenvalue weighted by atomic mass is 35.5. The standard InChI is InChI=1S/C24H30N4O3.ClH/c1-31-20-9-7-18(8-10-20)17-28-22(29)24(26-23(28)30)12-15-27(16-13-24)14-11-21(25)19-5-3-2-4-6-19;/h2-10,21H,11-17,25H2,1H3,(H,26,30);1H/t21-;/m0./s1. The quantitative estimate of drug-likeness (QED) is 0.622. The van der Waals surface area contributed by atoms with Crippen LogP contribution in [0.2, 0.25) is 0 Å². The van der Waals surface area contributed by atoms with E-state index in [1.54, 1.807) is 7.11 Å². The van der Waals surface area contributed by atoms with E-state index in [0.717, 1.165) is 42.9 Å². The van der Waals surface area contributed by atoms with Crippen LogP contribution in [0.4, 0.5) is 4.79 Å². The SMILES string of the molecule is COc1ccc(CN2C(=O)NC3(CCN(CC[C@H](N)c4ccccc4)CC3)C2=O)cc1.Cl. The topological polar surface area (TPSA) is 87.9 Å². The molecule has 2 aromatic carbocycles. The Bertz CT molecular complexity index is 915. The lowest BCUT2D eigenvalue weighted by Gasteiger charge is -2.37. The van der Waals surface area contributed by atoms with E-state index in [4.69, 9.17) is 10.5 Å². The Morgan fingerprint density at radius 2 is 1.72 bits per heavy atom. The fraction of sp³-hybridized carbons (Fsp3) is 0.417. The highest BCUT2D eigenvalue weighted by Crippen LogP contribution is 2.31. The number of carbonyl (C=O) groups excluding carboxylic acids is 2. The van der Waals surface area contributed by atoms with Crippen molar-refractivity contribution in [3.63, 3.8) is 0 Å². The van der Waals surface area contributed by atoms with Gasteiger partial charge in [0.25, 0.3) is 5.91 Å². The first-order chi connectivity index (χ1) is 15.0. The second-order valence-corrected chi connectivity index (χ2v) is 8.40. The zero-order chi connectivity index (χ0) is 21.8. The lowest BCUT2D eigenvalue weighted by Crippen LogP contribution is -2.55. The van der Waals surface area contributed by atoms with E-state index in [9.17, 15) is 9.59 Å². The van der Waals surface area contributed by atoms with Crippen LogP contribution >= 0.6 is 12.4 Å². The van der Waals surface area contributed by atoms with Crippen LogP contribution in [0.1, 0.15) is 36.4 Å². The summed E-state index contributed by atoms with van der Waals surface area (Å²) >= 11 is 0. The van der Waals surface area contributed by atoms with Gasteiger partial charge < -0.3 is 20.7 Å². The number of likely N-dealkylation sites (tertiary alicyclic amines) is 1. The molecule has 2 aliphatic rings. The van der Waals surface area contributed by atoms with Crippen LogP contribution in [0, 0.1) is 0 Å². The molecule has 0 saturated carbocycles. The third-order valence-corrected chi connectivity index (χ3v) is 6.44. The van der Waals surface area contributed by atoms with Crippen molar-refractivity contribution >= 4 is 24.3 Å². The monoisotopic (exact) mass is 458 g/mol. The molecule has 1 atom stereocenters. The Kier molecular flexibility index (Phi) is 7.77. The van der Waals surface area contributed by atoms with Crippen molar-refractivity contribution in [3.8, 4) is 5.75 Å². The minimum Gasteiger partial charge on any atom is -0.497 e. The number of halogens is 1. The molecule has 3 N–H and O–H groups in total. The number of benzene rings is 2. The molecule has 0 radical (unpaired) electrons. The van der Waals surface area contributed by atoms with Gasteiger partial charge in [0.15, 0.2) is 0 Å². The number of hydrogen-bond donors (Lipinski definition) is 2. The molecule has 3 amide bonds. The average molecular weight is 459 g/mol. The van der Waals surface area contributed by atoms with Crippen molar-refractivity contribution in [3.05, 3.63) is 65.7 Å². The Hall–Kier alpha value is -2.61. The fourth-order valence-corrected chi connectivity index (χ4v) is 4.42. The second kappa shape index (κ2) is 10.3. The van der Waals surface area contributed by atoms with Gasteiger partial charge in [0.1, 0.15) is 11.3 Å². The van der Waals surface area contributed by atoms with Crippen molar-refractivity contribution in [2.75, 3.05) is 26.7 Å². The van der Waals surface area contributed by atoms with Gasteiger partial charge in [0, 0.05) is 19.1 Å². The van der Waals surface area contributed by atoms with Crippen molar-refractivity contribution in [2.24, 2.45) is 5.73 Å². The van der Waals surface area contributed by atoms with Gasteiger partial charge >= 0.3 is 6.03 Å². The summed E-state index contributed by atoms with van der Waals surface area (Å²) < 4.78 is 5.17. The third-order valence-electron chi connectivity index (χ3n) is 6.44. The summed E-state index contributed by atoms with van der Waals surface area (Å²) in [5.74, 6) is 0.630. The van der Waals surface area contributed by atoms with Gasteiger partial charge in [-0.05, 0) is 49.1 Å². The first-order valence-corrected chi connectivity index (χ1v) is 10.8. The van der Waals surface area contributed by atoms with Crippen LogP contribution in [0.5, 0.6) is 5.75 Å². The van der Waals surface area contributed by atoms with Gasteiger partial charge in [-0.2, -0.15) is 0 Å². The highest BCUT2D eigenvalue weighted by molar-refractivity contribution is 6.07. The zero-order valence-corrected chi connectivity index (χ0v) is 19.1. The summed E-state index contributed by atoms with van der Waals surface area (Å²) in [6.07, 6.45) is 2.11. The lowest BCUT2D eigenvalue weighted by atomic mass is 9.87. The minimum atomic E-state index is -0.776. The van der Waals surface area contributed by atoms with Gasteiger partial charge in [-0.25, -0.2) is 4.79 Å². The first kappa shape index (κ1) is 24.0. The fourth-order valence-electron chi connectivity index (χ4n) is 4.42. The number of amides is 3. The molecule has 1 spiro atoms. The van der Waals surface area contributed by atoms with Crippen molar-refractivity contribution in [1.29, 1.82) is 0 Å². The molecular weight excluding hydrogens is 428 g/mol. The van der Waals surface area contributed by atoms with E-state index in [1.807, 2.05) is 42.5 Å². The summed E-state index contributed by atoms with van der Waals surface area (Å²) in [4.78, 5) is 29.4. The summed E-state index contributed by atoms with van der Waals surface area (Å²) in [6.45, 7) is 2.68. The Labute approximate surface area is 195 Å². The molecule has 0 aliphatic carbocycles. The molecule has 172 valence electrons. The van der Waals surface area contributed by atoms with E-state index in [2.05, 4.69) is 22.3 Å². The number of nitrogens with one attached hydrogen (secondary N) is 1. The zero-order valence-electron chi connectivity index (χ0n) is 18.3. The van der Waals surface area contributed by atoms with Crippen LogP contribution in [-0.2, 0) is 11.3 Å². The molecule has 7 nitrogen and oxygen atoms in total. The maximum absolute atomic E-state index is 13.2. The van der Waals surface area contributed by atoms with Crippen LogP contribution in [-0.4, -0.2) is 54.0 Å². The molecule has 0 bridgehead atoms. The molecule has 4 rings (SSSR count). The van der Waals surface area contributed by atoms with E-state index >= 15 is 0 Å². The third kappa shape index (κ3) is 5.06. The number of carbonyl (C=O) groups is 2. The number of piperidine rings is 1. The molecular formula is C24H31ClN4O3. The van der Waals surface area contributed by atoms with Crippen LogP contribution in [0.25, 0.3) is 0 Å². The first-order valence-electron chi connectivity index (χ1n) is 10.8. The van der Waals surface area contributed by atoms with Crippen LogP contribution in [0.15, 0.2) is 54.6 Å². The van der Waals surface area contributed by atoms with Gasteiger partial charge in [-0.15, -0.1) is 12.4 Å². The van der Waals surface area contributed by atoms with Crippen molar-refractivity contribution in [2.45, 2.75) is 37.4 Å². The smallest absolute Gasteiger partial charge is 0.325 e. The average Bonchev–Trinajstić information content (AvgIpc) is 3.03. The normalized spacial score (nSPS) is 18.9. The number of methoxy groups -OCH3 is 1. The molecule has 32 heavy (non-hydrogen) atoms. The summed E-state index contributed by atoms with van der Waals surface area (Å²) in [5, 5.41) is 2.98. The predicted octanol–water partition coefficient (Wildman–Crippen LogP) is 3.09. The maximum atomic E-state index is 13.2. The number of urea groups is 1. The maximum Gasteiger partial charge on any atom is 0.325 e. The van der Waals surface area contributed by atoms with Gasteiger partial charge in [0.2, 0.25) is 0 Å². The Morgan fingerprint density at radius 1 is 1.06 bits per heavy atom. The van der Waals surface area contributed by atoms with E-state index < -0.39 is 5.54 Å². The number of nitrogens with two attached hydrogens (primary N) is 1. The largest absolute Gasteiger partial charge is 0.497 e. The molecule has 0 unspecified atom stereocenters. The molecule has 2 fully saturated rings. The highest BCUT2D eigenvalue weighted by Gasteiger charge is 2.52. The molecule has 0 aromatic heterocycles. The number of rotatable bonds is 7. The lowest BCUT2D eigenvalue weighted by molar-refractivity contribution is -0.133. The van der Waals surface area contributed by atoms with E-state index in [1.165, 1.54) is 4.90 Å². The van der Waals surface area contributed by atoms with E-state index in [-0.39, 0.29) is 36.9 Å². The van der Waals surface area contributed by atoms with Crippen LogP contribution in [0.3, 0.4) is 0 Å². The van der Waals surface area contributed by atoms with E-state index in [0.29, 0.717) is 12.8 Å². The second-order valence-electron chi connectivity index (χ2n) is 8.40. The molecule has 2 saturated heterocycles. The van der Waals surface area contributed by atoms with Gasteiger partial charge in [-0.1, -0.05) is 42.5 Å². The van der Waals surface area contributed by atoms with Gasteiger partial charge in [0.05, 0.1) is 13.7 Å². The minimum absolute atomic E-state index is 0. The van der Waals surface area contributed by atoms with Crippen molar-refractivity contribution < 1.29 is 14.3 Å². The summed E-state index contributed by atoms with van der Waals surface area (Å²) in [7, 11) is 1.61. The molecule has 2 aliphatic heterocycles. The summed E-state index contributed by atoms with van der Waals surface area (Å²) in [6, 6.07) is 17.2.